The van der Waals surface area contributed by atoms with Crippen LogP contribution >= 0.6 is 11.8 Å². The van der Waals surface area contributed by atoms with Gasteiger partial charge in [-0.25, -0.2) is 0 Å². The molecule has 0 spiro atoms. The second-order valence-electron chi connectivity index (χ2n) is 6.49. The number of hydrogen-bond donors (Lipinski definition) is 2. The SMILES string of the molecule is COCCNC(=O)C(=O)NCC1CCN(Cc2ccccc2SC)CC1. The van der Waals surface area contributed by atoms with Crippen molar-refractivity contribution in [2.45, 2.75) is 24.3 Å². The van der Waals surface area contributed by atoms with Crippen molar-refractivity contribution in [1.29, 1.82) is 0 Å². The average molecular weight is 380 g/mol. The zero-order chi connectivity index (χ0) is 18.8. The molecule has 26 heavy (non-hydrogen) atoms. The monoisotopic (exact) mass is 379 g/mol. The molecule has 1 saturated heterocycles. The number of thioether (sulfide) groups is 1. The molecule has 144 valence electrons. The van der Waals surface area contributed by atoms with E-state index in [0.717, 1.165) is 32.5 Å². The molecule has 1 aliphatic rings. The lowest BCUT2D eigenvalue weighted by molar-refractivity contribution is -0.139. The molecule has 0 bridgehead atoms. The van der Waals surface area contributed by atoms with Crippen LogP contribution < -0.4 is 10.6 Å². The highest BCUT2D eigenvalue weighted by molar-refractivity contribution is 7.98. The van der Waals surface area contributed by atoms with E-state index >= 15 is 0 Å². The van der Waals surface area contributed by atoms with Gasteiger partial charge >= 0.3 is 11.8 Å². The maximum absolute atomic E-state index is 11.8. The molecule has 1 aromatic rings. The molecule has 1 fully saturated rings. The molecule has 0 aliphatic carbocycles. The molecule has 1 heterocycles. The highest BCUT2D eigenvalue weighted by Crippen LogP contribution is 2.24. The molecule has 1 aromatic carbocycles. The molecule has 0 saturated carbocycles. The summed E-state index contributed by atoms with van der Waals surface area (Å²) in [5.41, 5.74) is 1.37. The highest BCUT2D eigenvalue weighted by atomic mass is 32.2. The number of likely N-dealkylation sites (tertiary alicyclic amines) is 1. The molecule has 0 radical (unpaired) electrons. The molecule has 7 heteroatoms. The van der Waals surface area contributed by atoms with Gasteiger partial charge in [0.1, 0.15) is 0 Å². The van der Waals surface area contributed by atoms with Crippen molar-refractivity contribution in [3.63, 3.8) is 0 Å². The van der Waals surface area contributed by atoms with E-state index in [9.17, 15) is 9.59 Å². The van der Waals surface area contributed by atoms with Crippen molar-refractivity contribution in [3.8, 4) is 0 Å². The number of carbonyl (C=O) groups excluding carboxylic acids is 2. The van der Waals surface area contributed by atoms with E-state index in [1.165, 1.54) is 10.5 Å². The van der Waals surface area contributed by atoms with E-state index in [2.05, 4.69) is 46.1 Å². The quantitative estimate of drug-likeness (QED) is 0.407. The number of nitrogens with zero attached hydrogens (tertiary/aromatic N) is 1. The fraction of sp³-hybridized carbons (Fsp3) is 0.579. The lowest BCUT2D eigenvalue weighted by atomic mass is 9.96. The molecular formula is C19H29N3O3S. The maximum atomic E-state index is 11.8. The van der Waals surface area contributed by atoms with Crippen LogP contribution in [0.3, 0.4) is 0 Å². The second kappa shape index (κ2) is 11.2. The van der Waals surface area contributed by atoms with Crippen molar-refractivity contribution in [1.82, 2.24) is 15.5 Å². The summed E-state index contributed by atoms with van der Waals surface area (Å²) >= 11 is 1.79. The Kier molecular flexibility index (Phi) is 8.94. The van der Waals surface area contributed by atoms with E-state index in [4.69, 9.17) is 4.74 Å². The van der Waals surface area contributed by atoms with E-state index in [1.807, 2.05) is 0 Å². The number of amides is 2. The number of benzene rings is 1. The van der Waals surface area contributed by atoms with Crippen LogP contribution in [0.2, 0.25) is 0 Å². The molecule has 0 atom stereocenters. The molecule has 0 unspecified atom stereocenters. The summed E-state index contributed by atoms with van der Waals surface area (Å²) in [6.45, 7) is 4.31. The summed E-state index contributed by atoms with van der Waals surface area (Å²) in [6.07, 6.45) is 4.18. The first-order valence-electron chi connectivity index (χ1n) is 9.03. The van der Waals surface area contributed by atoms with Gasteiger partial charge in [0.15, 0.2) is 0 Å². The predicted octanol–water partition coefficient (Wildman–Crippen LogP) is 1.50. The molecule has 0 aromatic heterocycles. The van der Waals surface area contributed by atoms with Gasteiger partial charge in [-0.1, -0.05) is 18.2 Å². The molecular weight excluding hydrogens is 350 g/mol. The van der Waals surface area contributed by atoms with E-state index in [1.54, 1.807) is 18.9 Å². The van der Waals surface area contributed by atoms with Gasteiger partial charge in [0.25, 0.3) is 0 Å². The Hall–Kier alpha value is -1.57. The molecule has 2 rings (SSSR count). The zero-order valence-electron chi connectivity index (χ0n) is 15.6. The summed E-state index contributed by atoms with van der Waals surface area (Å²) in [6, 6.07) is 8.53. The normalized spacial score (nSPS) is 15.6. The summed E-state index contributed by atoms with van der Waals surface area (Å²) < 4.78 is 4.84. The number of ether oxygens (including phenoxy) is 1. The maximum Gasteiger partial charge on any atom is 0.309 e. The van der Waals surface area contributed by atoms with Gasteiger partial charge in [-0.3, -0.25) is 14.5 Å². The summed E-state index contributed by atoms with van der Waals surface area (Å²) in [5.74, 6) is -0.719. The van der Waals surface area contributed by atoms with Crippen molar-refractivity contribution < 1.29 is 14.3 Å². The molecule has 2 amide bonds. The van der Waals surface area contributed by atoms with Gasteiger partial charge in [0.05, 0.1) is 6.61 Å². The van der Waals surface area contributed by atoms with Gasteiger partial charge in [0.2, 0.25) is 0 Å². The first-order valence-corrected chi connectivity index (χ1v) is 10.3. The van der Waals surface area contributed by atoms with Crippen LogP contribution in [0.25, 0.3) is 0 Å². The first kappa shape index (κ1) is 20.7. The summed E-state index contributed by atoms with van der Waals surface area (Å²) in [5, 5.41) is 5.28. The number of methoxy groups -OCH3 is 1. The zero-order valence-corrected chi connectivity index (χ0v) is 16.4. The van der Waals surface area contributed by atoms with Crippen molar-refractivity contribution in [2.24, 2.45) is 5.92 Å². The van der Waals surface area contributed by atoms with Gasteiger partial charge < -0.3 is 15.4 Å². The minimum atomic E-state index is -0.590. The van der Waals surface area contributed by atoms with E-state index < -0.39 is 11.8 Å². The Bertz CT molecular complexity index is 589. The standard InChI is InChI=1S/C19H29N3O3S/c1-25-12-9-20-18(23)19(24)21-13-15-7-10-22(11-8-15)14-16-5-3-4-6-17(16)26-2/h3-6,15H,7-14H2,1-2H3,(H,20,23)(H,21,24). The van der Waals surface area contributed by atoms with Crippen molar-refractivity contribution in [2.75, 3.05) is 46.2 Å². The van der Waals surface area contributed by atoms with E-state index in [0.29, 0.717) is 25.6 Å². The van der Waals surface area contributed by atoms with Crippen LogP contribution in [0.1, 0.15) is 18.4 Å². The van der Waals surface area contributed by atoms with Crippen LogP contribution in [0.15, 0.2) is 29.2 Å². The summed E-state index contributed by atoms with van der Waals surface area (Å²) in [4.78, 5) is 27.2. The Labute approximate surface area is 160 Å². The Balaban J connectivity index is 1.68. The van der Waals surface area contributed by atoms with Crippen molar-refractivity contribution >= 4 is 23.6 Å². The lowest BCUT2D eigenvalue weighted by Gasteiger charge is -2.32. The highest BCUT2D eigenvalue weighted by Gasteiger charge is 2.21. The van der Waals surface area contributed by atoms with Crippen LogP contribution in [0.5, 0.6) is 0 Å². The third kappa shape index (κ3) is 6.63. The minimum absolute atomic E-state index is 0.346. The van der Waals surface area contributed by atoms with Gasteiger partial charge in [-0.15, -0.1) is 11.8 Å². The predicted molar refractivity (Wildman–Crippen MR) is 104 cm³/mol. The number of carbonyl (C=O) groups is 2. The Morgan fingerprint density at radius 2 is 1.88 bits per heavy atom. The van der Waals surface area contributed by atoms with E-state index in [-0.39, 0.29) is 0 Å². The largest absolute Gasteiger partial charge is 0.383 e. The fourth-order valence-corrected chi connectivity index (χ4v) is 3.70. The number of hydrogen-bond acceptors (Lipinski definition) is 5. The number of piperidine rings is 1. The van der Waals surface area contributed by atoms with Crippen LogP contribution in [-0.2, 0) is 20.9 Å². The van der Waals surface area contributed by atoms with Crippen molar-refractivity contribution in [3.05, 3.63) is 29.8 Å². The van der Waals surface area contributed by atoms with Crippen LogP contribution in [0, 0.1) is 5.92 Å². The van der Waals surface area contributed by atoms with Crippen LogP contribution in [-0.4, -0.2) is 62.9 Å². The smallest absolute Gasteiger partial charge is 0.309 e. The molecule has 6 nitrogen and oxygen atoms in total. The van der Waals surface area contributed by atoms with Gasteiger partial charge in [-0.2, -0.15) is 0 Å². The number of rotatable bonds is 8. The third-order valence-electron chi connectivity index (χ3n) is 4.64. The van der Waals surface area contributed by atoms with Gasteiger partial charge in [-0.05, 0) is 49.7 Å². The van der Waals surface area contributed by atoms with Gasteiger partial charge in [0, 0.05) is 31.6 Å². The topological polar surface area (TPSA) is 70.7 Å². The fourth-order valence-electron chi connectivity index (χ4n) is 3.09. The van der Waals surface area contributed by atoms with Crippen LogP contribution in [0.4, 0.5) is 0 Å². The Morgan fingerprint density at radius 3 is 2.58 bits per heavy atom. The number of nitrogens with one attached hydrogen (secondary N) is 2. The summed E-state index contributed by atoms with van der Waals surface area (Å²) in [7, 11) is 1.55. The minimum Gasteiger partial charge on any atom is -0.383 e. The molecule has 1 aliphatic heterocycles. The average Bonchev–Trinajstić information content (AvgIpc) is 2.67. The molecule has 2 N–H and O–H groups in total. The first-order chi connectivity index (χ1) is 12.6. The third-order valence-corrected chi connectivity index (χ3v) is 5.48. The second-order valence-corrected chi connectivity index (χ2v) is 7.34. The lowest BCUT2D eigenvalue weighted by Crippen LogP contribution is -2.44. The Morgan fingerprint density at radius 1 is 1.19 bits per heavy atom.